The molecule has 0 spiro atoms. The Labute approximate surface area is 109 Å². The summed E-state index contributed by atoms with van der Waals surface area (Å²) in [5.74, 6) is -0.568. The maximum Gasteiger partial charge on any atom is 0.419 e. The molecule has 0 unspecified atom stereocenters. The van der Waals surface area contributed by atoms with Crippen LogP contribution in [0.3, 0.4) is 0 Å². The minimum atomic E-state index is -0.421. The molecule has 0 fully saturated rings. The molecule has 0 bridgehead atoms. The molecule has 98 valence electrons. The average molecular weight is 259 g/mol. The number of aryl methyl sites for hydroxylation is 1. The van der Waals surface area contributed by atoms with Crippen LogP contribution < -0.4 is 10.7 Å². The Morgan fingerprint density at radius 1 is 1.53 bits per heavy atom. The molecular formula is C13H13N3O3. The Kier molecular flexibility index (Phi) is 3.38. The number of nitriles is 1. The van der Waals surface area contributed by atoms with Gasteiger partial charge in [-0.2, -0.15) is 5.26 Å². The number of oxazole rings is 1. The molecule has 0 radical (unpaired) electrons. The van der Waals surface area contributed by atoms with E-state index in [1.807, 2.05) is 6.07 Å². The molecule has 2 aromatic rings. The first-order valence-electron chi connectivity index (χ1n) is 5.72. The lowest BCUT2D eigenvalue weighted by atomic mass is 10.2. The number of carbonyl (C=O) groups is 1. The molecule has 19 heavy (non-hydrogen) atoms. The van der Waals surface area contributed by atoms with E-state index < -0.39 is 5.76 Å². The molecule has 1 aromatic carbocycles. The zero-order valence-electron chi connectivity index (χ0n) is 10.7. The zero-order valence-corrected chi connectivity index (χ0v) is 10.7. The molecule has 1 heterocycles. The fraction of sp³-hybridized carbons (Fsp3) is 0.308. The zero-order chi connectivity index (χ0) is 14.0. The van der Waals surface area contributed by atoms with Crippen molar-refractivity contribution < 1.29 is 9.21 Å². The number of ketones is 1. The molecule has 6 heteroatoms. The second-order valence-electron chi connectivity index (χ2n) is 4.31. The minimum absolute atomic E-state index is 0.100. The monoisotopic (exact) mass is 259 g/mol. The van der Waals surface area contributed by atoms with Gasteiger partial charge in [0.25, 0.3) is 0 Å². The van der Waals surface area contributed by atoms with Crippen LogP contribution in [0.25, 0.3) is 11.1 Å². The van der Waals surface area contributed by atoms with E-state index in [2.05, 4.69) is 0 Å². The van der Waals surface area contributed by atoms with Crippen molar-refractivity contribution in [2.45, 2.75) is 6.42 Å². The van der Waals surface area contributed by atoms with E-state index in [1.165, 1.54) is 4.57 Å². The summed E-state index contributed by atoms with van der Waals surface area (Å²) in [7, 11) is 3.38. The molecule has 2 rings (SSSR count). The van der Waals surface area contributed by atoms with Crippen molar-refractivity contribution in [3.8, 4) is 6.07 Å². The lowest BCUT2D eigenvalue weighted by Crippen LogP contribution is -2.25. The van der Waals surface area contributed by atoms with E-state index >= 15 is 0 Å². The minimum Gasteiger partial charge on any atom is -0.408 e. The van der Waals surface area contributed by atoms with E-state index in [4.69, 9.17) is 9.68 Å². The van der Waals surface area contributed by atoms with Crippen LogP contribution in [0, 0.1) is 11.3 Å². The normalized spacial score (nSPS) is 10.4. The highest BCUT2D eigenvalue weighted by molar-refractivity contribution is 5.86. The summed E-state index contributed by atoms with van der Waals surface area (Å²) in [5.41, 5.74) is 1.96. The Hall–Kier alpha value is -2.55. The SMILES string of the molecule is CN(CC(=O)CC#N)c1ccc2oc(=O)n(C)c2c1. The second-order valence-corrected chi connectivity index (χ2v) is 4.31. The molecule has 0 amide bonds. The molecule has 0 aliphatic heterocycles. The van der Waals surface area contributed by atoms with Crippen molar-refractivity contribution >= 4 is 22.6 Å². The van der Waals surface area contributed by atoms with Crippen LogP contribution >= 0.6 is 0 Å². The summed E-state index contributed by atoms with van der Waals surface area (Å²) >= 11 is 0. The van der Waals surface area contributed by atoms with Gasteiger partial charge in [0.1, 0.15) is 0 Å². The number of benzene rings is 1. The van der Waals surface area contributed by atoms with E-state index in [0.29, 0.717) is 11.1 Å². The van der Waals surface area contributed by atoms with E-state index in [9.17, 15) is 9.59 Å². The number of hydrogen-bond acceptors (Lipinski definition) is 5. The Bertz CT molecular complexity index is 721. The number of likely N-dealkylation sites (N-methyl/N-ethyl adjacent to an activating group) is 1. The molecule has 0 saturated carbocycles. The van der Waals surface area contributed by atoms with Crippen LogP contribution in [0.1, 0.15) is 6.42 Å². The van der Waals surface area contributed by atoms with Crippen LogP contribution in [-0.4, -0.2) is 23.9 Å². The maximum absolute atomic E-state index is 11.4. The number of fused-ring (bicyclic) bond motifs is 1. The summed E-state index contributed by atoms with van der Waals surface area (Å²) in [6.45, 7) is 0.158. The van der Waals surface area contributed by atoms with Gasteiger partial charge in [0.15, 0.2) is 11.4 Å². The van der Waals surface area contributed by atoms with Gasteiger partial charge < -0.3 is 9.32 Å². The highest BCUT2D eigenvalue weighted by atomic mass is 16.4. The fourth-order valence-corrected chi connectivity index (χ4v) is 1.85. The van der Waals surface area contributed by atoms with Gasteiger partial charge in [-0.15, -0.1) is 0 Å². The van der Waals surface area contributed by atoms with E-state index in [-0.39, 0.29) is 18.7 Å². The van der Waals surface area contributed by atoms with E-state index in [1.54, 1.807) is 37.2 Å². The van der Waals surface area contributed by atoms with Crippen LogP contribution in [0.4, 0.5) is 5.69 Å². The van der Waals surface area contributed by atoms with Gasteiger partial charge in [0, 0.05) is 19.8 Å². The lowest BCUT2D eigenvalue weighted by molar-refractivity contribution is -0.116. The molecule has 0 N–H and O–H groups in total. The van der Waals surface area contributed by atoms with Gasteiger partial charge in [0.05, 0.1) is 24.6 Å². The molecule has 0 saturated heterocycles. The van der Waals surface area contributed by atoms with Gasteiger partial charge in [-0.1, -0.05) is 0 Å². The van der Waals surface area contributed by atoms with Crippen LogP contribution in [0.5, 0.6) is 0 Å². The molecule has 0 aliphatic rings. The quantitative estimate of drug-likeness (QED) is 0.820. The number of Topliss-reactive ketones (excluding diaryl/α,β-unsaturated/α-hetero) is 1. The highest BCUT2D eigenvalue weighted by Gasteiger charge is 2.11. The van der Waals surface area contributed by atoms with Gasteiger partial charge in [-0.05, 0) is 18.2 Å². The van der Waals surface area contributed by atoms with Crippen molar-refractivity contribution in [1.82, 2.24) is 4.57 Å². The van der Waals surface area contributed by atoms with E-state index in [0.717, 1.165) is 5.69 Å². The smallest absolute Gasteiger partial charge is 0.408 e. The highest BCUT2D eigenvalue weighted by Crippen LogP contribution is 2.20. The number of nitrogens with zero attached hydrogens (tertiary/aromatic N) is 3. The number of carbonyl (C=O) groups excluding carboxylic acids is 1. The third-order valence-electron chi connectivity index (χ3n) is 2.91. The predicted molar refractivity (Wildman–Crippen MR) is 70.0 cm³/mol. The van der Waals surface area contributed by atoms with Crippen molar-refractivity contribution in [1.29, 1.82) is 5.26 Å². The van der Waals surface area contributed by atoms with Gasteiger partial charge in [0.2, 0.25) is 0 Å². The Morgan fingerprint density at radius 2 is 2.26 bits per heavy atom. The van der Waals surface area contributed by atoms with Crippen LogP contribution in [-0.2, 0) is 11.8 Å². The molecule has 1 aromatic heterocycles. The Morgan fingerprint density at radius 3 is 2.95 bits per heavy atom. The summed E-state index contributed by atoms with van der Waals surface area (Å²) in [6.07, 6.45) is -0.100. The van der Waals surface area contributed by atoms with Crippen molar-refractivity contribution in [2.24, 2.45) is 7.05 Å². The second kappa shape index (κ2) is 4.98. The fourth-order valence-electron chi connectivity index (χ4n) is 1.85. The summed E-state index contributed by atoms with van der Waals surface area (Å²) < 4.78 is 6.44. The van der Waals surface area contributed by atoms with Gasteiger partial charge in [-0.3, -0.25) is 9.36 Å². The van der Waals surface area contributed by atoms with Crippen LogP contribution in [0.2, 0.25) is 0 Å². The van der Waals surface area contributed by atoms with Crippen LogP contribution in [0.15, 0.2) is 27.4 Å². The maximum atomic E-state index is 11.4. The standard InChI is InChI=1S/C13H13N3O3/c1-15(8-10(17)5-6-14)9-3-4-12-11(7-9)16(2)13(18)19-12/h3-4,7H,5,8H2,1-2H3. The number of aromatic nitrogens is 1. The summed E-state index contributed by atoms with van der Waals surface area (Å²) in [6, 6.07) is 7.07. The molecule has 6 nitrogen and oxygen atoms in total. The first kappa shape index (κ1) is 12.9. The van der Waals surface area contributed by atoms with Crippen molar-refractivity contribution in [2.75, 3.05) is 18.5 Å². The number of hydrogen-bond donors (Lipinski definition) is 0. The molecule has 0 atom stereocenters. The van der Waals surface area contributed by atoms with Crippen molar-refractivity contribution in [3.05, 3.63) is 28.7 Å². The topological polar surface area (TPSA) is 79.2 Å². The summed E-state index contributed by atoms with van der Waals surface area (Å²) in [5, 5.41) is 8.46. The molecule has 0 aliphatic carbocycles. The number of rotatable bonds is 4. The summed E-state index contributed by atoms with van der Waals surface area (Å²) in [4.78, 5) is 24.5. The third-order valence-corrected chi connectivity index (χ3v) is 2.91. The van der Waals surface area contributed by atoms with Gasteiger partial charge >= 0.3 is 5.76 Å². The Balaban J connectivity index is 2.30. The predicted octanol–water partition coefficient (Wildman–Crippen LogP) is 1.05. The van der Waals surface area contributed by atoms with Crippen molar-refractivity contribution in [3.63, 3.8) is 0 Å². The average Bonchev–Trinajstić information content (AvgIpc) is 2.65. The third kappa shape index (κ3) is 2.50. The van der Waals surface area contributed by atoms with Gasteiger partial charge in [-0.25, -0.2) is 4.79 Å². The first-order valence-corrected chi connectivity index (χ1v) is 5.72. The number of anilines is 1. The largest absolute Gasteiger partial charge is 0.419 e. The first-order chi connectivity index (χ1) is 9.02. The molecular weight excluding hydrogens is 246 g/mol. The lowest BCUT2D eigenvalue weighted by Gasteiger charge is -2.17.